The van der Waals surface area contributed by atoms with Gasteiger partial charge in [-0.1, -0.05) is 231 Å². The number of hydrogen-bond donors (Lipinski definition) is 0. The first-order valence-electron chi connectivity index (χ1n) is 29.9. The van der Waals surface area contributed by atoms with Crippen LogP contribution in [-0.4, -0.2) is 31.2 Å². The number of fused-ring (bicyclic) bond motifs is 7. The van der Waals surface area contributed by atoms with Crippen LogP contribution in [0.2, 0.25) is 0 Å². The van der Waals surface area contributed by atoms with Crippen molar-refractivity contribution in [2.75, 3.05) is 9.80 Å². The van der Waals surface area contributed by atoms with Gasteiger partial charge in [0.2, 0.25) is 0 Å². The monoisotopic (exact) mass is 1120 g/mol. The molecule has 0 N–H and O–H groups in total. The highest BCUT2D eigenvalue weighted by molar-refractivity contribution is 7.00. The SMILES string of the molecule is c1ccc(-c2cc(-c3ccc(-n4c5ccccc5c5ccccc54)c(-c4cc(-c5ccccc5)nc(-c5ccc(-c6cc7c8c(c6)N(c6ccccc6)c6ccccc6B8c6ccccc6N7c6ccccc6)cc5)n4)c3)nc(-c3ccccc3)n2)cc1. The molecule has 3 aromatic heterocycles. The van der Waals surface area contributed by atoms with Crippen molar-refractivity contribution < 1.29 is 0 Å². The zero-order chi connectivity index (χ0) is 58.1. The van der Waals surface area contributed by atoms with Crippen molar-refractivity contribution in [1.82, 2.24) is 24.5 Å². The molecule has 0 unspecified atom stereocenters. The van der Waals surface area contributed by atoms with Crippen LogP contribution in [-0.2, 0) is 0 Å². The molecule has 0 amide bonds. The number of anilines is 6. The molecule has 8 heteroatoms. The van der Waals surface area contributed by atoms with E-state index < -0.39 is 0 Å². The summed E-state index contributed by atoms with van der Waals surface area (Å²) in [7, 11) is 0. The first-order chi connectivity index (χ1) is 43.6. The third kappa shape index (κ3) is 8.60. The molecular formula is C80H52BN7. The summed E-state index contributed by atoms with van der Waals surface area (Å²) in [6.07, 6.45) is 0. The molecule has 12 aromatic carbocycles. The summed E-state index contributed by atoms with van der Waals surface area (Å²) in [5.74, 6) is 1.27. The molecule has 0 bridgehead atoms. The predicted octanol–water partition coefficient (Wildman–Crippen LogP) is 18.1. The minimum Gasteiger partial charge on any atom is -0.311 e. The second-order valence-electron chi connectivity index (χ2n) is 22.5. The lowest BCUT2D eigenvalue weighted by atomic mass is 9.33. The Hall–Kier alpha value is -11.7. The zero-order valence-electron chi connectivity index (χ0n) is 47.7. The van der Waals surface area contributed by atoms with E-state index in [1.807, 2.05) is 24.3 Å². The first-order valence-corrected chi connectivity index (χ1v) is 29.9. The van der Waals surface area contributed by atoms with E-state index in [1.54, 1.807) is 0 Å². The fraction of sp³-hybridized carbons (Fsp3) is 0. The second-order valence-corrected chi connectivity index (χ2v) is 22.5. The summed E-state index contributed by atoms with van der Waals surface area (Å²) in [4.78, 5) is 26.5. The Morgan fingerprint density at radius 2 is 0.636 bits per heavy atom. The Labute approximate surface area is 510 Å². The summed E-state index contributed by atoms with van der Waals surface area (Å²) in [6, 6.07) is 112. The van der Waals surface area contributed by atoms with Gasteiger partial charge in [0.1, 0.15) is 0 Å². The van der Waals surface area contributed by atoms with Crippen LogP contribution in [0.15, 0.2) is 315 Å². The zero-order valence-corrected chi connectivity index (χ0v) is 47.7. The highest BCUT2D eigenvalue weighted by Crippen LogP contribution is 2.47. The largest absolute Gasteiger partial charge is 0.311 e. The van der Waals surface area contributed by atoms with Crippen molar-refractivity contribution in [1.29, 1.82) is 0 Å². The van der Waals surface area contributed by atoms with Gasteiger partial charge in [-0.2, -0.15) is 0 Å². The highest BCUT2D eigenvalue weighted by Gasteiger charge is 2.43. The number of para-hydroxylation sites is 6. The van der Waals surface area contributed by atoms with Crippen LogP contribution in [0, 0.1) is 0 Å². The Balaban J connectivity index is 0.859. The van der Waals surface area contributed by atoms with E-state index >= 15 is 0 Å². The van der Waals surface area contributed by atoms with Gasteiger partial charge in [-0.25, -0.2) is 19.9 Å². The lowest BCUT2D eigenvalue weighted by Crippen LogP contribution is -2.61. The van der Waals surface area contributed by atoms with Crippen LogP contribution in [0.5, 0.6) is 0 Å². The molecule has 0 saturated carbocycles. The van der Waals surface area contributed by atoms with E-state index in [9.17, 15) is 0 Å². The molecule has 5 heterocycles. The molecule has 17 rings (SSSR count). The molecular weight excluding hydrogens is 1070 g/mol. The molecule has 410 valence electrons. The smallest absolute Gasteiger partial charge is 0.252 e. The average molecular weight is 1120 g/mol. The third-order valence-electron chi connectivity index (χ3n) is 17.4. The summed E-state index contributed by atoms with van der Waals surface area (Å²) < 4.78 is 2.39. The van der Waals surface area contributed by atoms with Gasteiger partial charge in [-0.3, -0.25) is 0 Å². The number of benzene rings is 12. The minimum absolute atomic E-state index is 0.0210. The van der Waals surface area contributed by atoms with Crippen LogP contribution < -0.4 is 26.2 Å². The summed E-state index contributed by atoms with van der Waals surface area (Å²) in [5.41, 5.74) is 25.0. The number of rotatable bonds is 10. The van der Waals surface area contributed by atoms with Gasteiger partial charge in [-0.05, 0) is 112 Å². The van der Waals surface area contributed by atoms with Crippen molar-refractivity contribution in [2.45, 2.75) is 0 Å². The minimum atomic E-state index is 0.0210. The van der Waals surface area contributed by atoms with Crippen molar-refractivity contribution >= 4 is 79.0 Å². The fourth-order valence-corrected chi connectivity index (χ4v) is 13.4. The standard InChI is InChI=1S/C80H52BN7/c1-6-24-54(25-7-1)67-51-69(84-79(82-67)56-28-10-3-11-29-56)58-46-47-73(88-71-38-20-16-34-62(71)63-35-17-21-39-72(63)88)64(48-58)70-52-68(55-26-8-2-9-27-55)83-80(85-70)57-44-42-53(43-45-57)59-49-76-78-77(50-59)87(61-32-14-5-15-33-61)75-41-23-19-37-66(75)81(78)65-36-18-22-40-74(65)86(76)60-30-12-4-13-31-60/h1-52H. The summed E-state index contributed by atoms with van der Waals surface area (Å²) >= 11 is 0. The number of nitrogens with zero attached hydrogens (tertiary/aromatic N) is 7. The lowest BCUT2D eigenvalue weighted by molar-refractivity contribution is 1.15. The summed E-state index contributed by atoms with van der Waals surface area (Å²) in [5, 5.41) is 2.35. The molecule has 2 aliphatic heterocycles. The normalized spacial score (nSPS) is 12.2. The Bertz CT molecular complexity index is 4930. The summed E-state index contributed by atoms with van der Waals surface area (Å²) in [6.45, 7) is 0.0210. The van der Waals surface area contributed by atoms with Gasteiger partial charge in [0, 0.05) is 78.3 Å². The van der Waals surface area contributed by atoms with E-state index in [4.69, 9.17) is 19.9 Å². The Morgan fingerprint density at radius 3 is 1.16 bits per heavy atom. The van der Waals surface area contributed by atoms with E-state index in [-0.39, 0.29) is 6.71 Å². The van der Waals surface area contributed by atoms with E-state index in [0.29, 0.717) is 11.6 Å². The lowest BCUT2D eigenvalue weighted by Gasteiger charge is -2.44. The van der Waals surface area contributed by atoms with Crippen LogP contribution in [0.3, 0.4) is 0 Å². The average Bonchev–Trinajstić information content (AvgIpc) is 1.39. The highest BCUT2D eigenvalue weighted by atomic mass is 15.2. The molecule has 2 aliphatic rings. The van der Waals surface area contributed by atoms with Gasteiger partial charge in [0.25, 0.3) is 6.71 Å². The van der Waals surface area contributed by atoms with Crippen LogP contribution in [0.1, 0.15) is 0 Å². The van der Waals surface area contributed by atoms with Crippen LogP contribution in [0.4, 0.5) is 34.1 Å². The van der Waals surface area contributed by atoms with Gasteiger partial charge in [-0.15, -0.1) is 0 Å². The molecule has 0 aliphatic carbocycles. The molecule has 0 fully saturated rings. The molecule has 0 saturated heterocycles. The van der Waals surface area contributed by atoms with Crippen LogP contribution >= 0.6 is 0 Å². The van der Waals surface area contributed by atoms with Crippen molar-refractivity contribution in [3.63, 3.8) is 0 Å². The van der Waals surface area contributed by atoms with Gasteiger partial charge < -0.3 is 14.4 Å². The second kappa shape index (κ2) is 21.1. The molecule has 0 radical (unpaired) electrons. The first kappa shape index (κ1) is 50.8. The number of aromatic nitrogens is 5. The molecule has 15 aromatic rings. The van der Waals surface area contributed by atoms with Crippen molar-refractivity contribution in [3.8, 4) is 84.6 Å². The van der Waals surface area contributed by atoms with Gasteiger partial charge in [0.15, 0.2) is 11.6 Å². The molecule has 7 nitrogen and oxygen atoms in total. The van der Waals surface area contributed by atoms with E-state index in [2.05, 4.69) is 306 Å². The van der Waals surface area contributed by atoms with E-state index in [1.165, 1.54) is 38.5 Å². The van der Waals surface area contributed by atoms with Crippen molar-refractivity contribution in [3.05, 3.63) is 315 Å². The maximum atomic E-state index is 5.66. The maximum Gasteiger partial charge on any atom is 0.252 e. The third-order valence-corrected chi connectivity index (χ3v) is 17.4. The topological polar surface area (TPSA) is 63.0 Å². The molecule has 0 atom stereocenters. The maximum absolute atomic E-state index is 5.66. The van der Waals surface area contributed by atoms with Crippen LogP contribution in [0.25, 0.3) is 106 Å². The Kier molecular flexibility index (Phi) is 12.2. The number of hydrogen-bond acceptors (Lipinski definition) is 6. The Morgan fingerprint density at radius 1 is 0.250 bits per heavy atom. The van der Waals surface area contributed by atoms with Gasteiger partial charge in [0.05, 0.1) is 39.5 Å². The molecule has 0 spiro atoms. The van der Waals surface area contributed by atoms with Gasteiger partial charge >= 0.3 is 0 Å². The predicted molar refractivity (Wildman–Crippen MR) is 364 cm³/mol. The van der Waals surface area contributed by atoms with E-state index in [0.717, 1.165) is 107 Å². The molecule has 88 heavy (non-hydrogen) atoms. The van der Waals surface area contributed by atoms with Crippen molar-refractivity contribution in [2.24, 2.45) is 0 Å². The fourth-order valence-electron chi connectivity index (χ4n) is 13.4. The quantitative estimate of drug-likeness (QED) is 0.127.